The number of likely N-dealkylation sites (tertiary alicyclic amines) is 1. The molecular formula is C25H32N4O2. The van der Waals surface area contributed by atoms with E-state index < -0.39 is 0 Å². The first-order chi connectivity index (χ1) is 15.0. The minimum atomic E-state index is 0.140. The van der Waals surface area contributed by atoms with Crippen LogP contribution >= 0.6 is 0 Å². The molecule has 6 nitrogen and oxygen atoms in total. The molecule has 3 heterocycles. The highest BCUT2D eigenvalue weighted by Crippen LogP contribution is 2.35. The summed E-state index contributed by atoms with van der Waals surface area (Å²) in [5.74, 6) is 0.906. The molecule has 4 rings (SSSR count). The van der Waals surface area contributed by atoms with Crippen LogP contribution in [-0.2, 0) is 17.9 Å². The third kappa shape index (κ3) is 5.14. The topological polar surface area (TPSA) is 63.3 Å². The number of hydrogen-bond donors (Lipinski definition) is 1. The number of ether oxygens (including phenoxy) is 2. The van der Waals surface area contributed by atoms with Gasteiger partial charge in [0.1, 0.15) is 5.75 Å². The number of aromatic nitrogens is 3. The highest BCUT2D eigenvalue weighted by molar-refractivity contribution is 5.62. The van der Waals surface area contributed by atoms with Crippen molar-refractivity contribution in [3.8, 4) is 16.9 Å². The normalized spacial score (nSPS) is 16.9. The number of nitrogens with zero attached hydrogens (tertiary/aromatic N) is 3. The Bertz CT molecular complexity index is 1000. The average molecular weight is 421 g/mol. The second-order valence-electron chi connectivity index (χ2n) is 8.58. The molecule has 1 aromatic carbocycles. The van der Waals surface area contributed by atoms with Crippen molar-refractivity contribution in [2.75, 3.05) is 13.7 Å². The van der Waals surface area contributed by atoms with E-state index in [1.807, 2.05) is 26.2 Å². The predicted molar refractivity (Wildman–Crippen MR) is 122 cm³/mol. The van der Waals surface area contributed by atoms with Gasteiger partial charge in [0.15, 0.2) is 0 Å². The van der Waals surface area contributed by atoms with Gasteiger partial charge in [-0.2, -0.15) is 5.10 Å². The first kappa shape index (κ1) is 21.5. The lowest BCUT2D eigenvalue weighted by Gasteiger charge is -2.25. The van der Waals surface area contributed by atoms with E-state index in [0.717, 1.165) is 47.8 Å². The SMILES string of the molecule is COCc1cc(CN2CCC[C@H]2c2cc(-c3cn[nH]c3)cc(C)n2)ccc1OC(C)C. The maximum absolute atomic E-state index is 5.96. The van der Waals surface area contributed by atoms with Crippen molar-refractivity contribution in [2.45, 2.75) is 58.9 Å². The molecule has 0 saturated carbocycles. The fraction of sp³-hybridized carbons (Fsp3) is 0.440. The molecule has 3 aromatic rings. The van der Waals surface area contributed by atoms with Crippen LogP contribution < -0.4 is 4.74 Å². The molecular weight excluding hydrogens is 388 g/mol. The van der Waals surface area contributed by atoms with E-state index in [1.54, 1.807) is 7.11 Å². The van der Waals surface area contributed by atoms with E-state index >= 15 is 0 Å². The lowest BCUT2D eigenvalue weighted by molar-refractivity contribution is 0.174. The molecule has 2 aromatic heterocycles. The summed E-state index contributed by atoms with van der Waals surface area (Å²) in [6.45, 7) is 8.67. The van der Waals surface area contributed by atoms with E-state index in [-0.39, 0.29) is 6.10 Å². The van der Waals surface area contributed by atoms with Gasteiger partial charge >= 0.3 is 0 Å². The molecule has 0 spiro atoms. The number of methoxy groups -OCH3 is 1. The first-order valence-electron chi connectivity index (χ1n) is 11.0. The quantitative estimate of drug-likeness (QED) is 0.552. The zero-order valence-corrected chi connectivity index (χ0v) is 18.9. The molecule has 0 unspecified atom stereocenters. The van der Waals surface area contributed by atoms with Gasteiger partial charge in [-0.1, -0.05) is 6.07 Å². The molecule has 1 fully saturated rings. The van der Waals surface area contributed by atoms with Gasteiger partial charge in [-0.15, -0.1) is 0 Å². The minimum absolute atomic E-state index is 0.140. The van der Waals surface area contributed by atoms with Crippen LogP contribution in [0.2, 0.25) is 0 Å². The van der Waals surface area contributed by atoms with Gasteiger partial charge in [-0.05, 0) is 75.5 Å². The third-order valence-corrected chi connectivity index (χ3v) is 5.68. The Morgan fingerprint density at radius 3 is 2.81 bits per heavy atom. The van der Waals surface area contributed by atoms with Crippen molar-refractivity contribution >= 4 is 0 Å². The summed E-state index contributed by atoms with van der Waals surface area (Å²) in [4.78, 5) is 7.44. The fourth-order valence-electron chi connectivity index (χ4n) is 4.39. The van der Waals surface area contributed by atoms with Crippen molar-refractivity contribution in [3.05, 3.63) is 65.2 Å². The summed E-state index contributed by atoms with van der Waals surface area (Å²) in [6, 6.07) is 11.1. The largest absolute Gasteiger partial charge is 0.491 e. The predicted octanol–water partition coefficient (Wildman–Crippen LogP) is 5.05. The van der Waals surface area contributed by atoms with Crippen molar-refractivity contribution < 1.29 is 9.47 Å². The van der Waals surface area contributed by atoms with Crippen LogP contribution in [0, 0.1) is 6.92 Å². The maximum Gasteiger partial charge on any atom is 0.125 e. The summed E-state index contributed by atoms with van der Waals surface area (Å²) >= 11 is 0. The van der Waals surface area contributed by atoms with Crippen LogP contribution in [0.1, 0.15) is 55.2 Å². The fourth-order valence-corrected chi connectivity index (χ4v) is 4.39. The smallest absolute Gasteiger partial charge is 0.125 e. The Kier molecular flexibility index (Phi) is 6.68. The van der Waals surface area contributed by atoms with Gasteiger partial charge in [0.05, 0.1) is 30.6 Å². The van der Waals surface area contributed by atoms with Gasteiger partial charge < -0.3 is 9.47 Å². The van der Waals surface area contributed by atoms with E-state index in [9.17, 15) is 0 Å². The van der Waals surface area contributed by atoms with Gasteiger partial charge in [0.2, 0.25) is 0 Å². The zero-order valence-electron chi connectivity index (χ0n) is 18.9. The summed E-state index contributed by atoms with van der Waals surface area (Å²) in [5, 5.41) is 7.01. The lowest BCUT2D eigenvalue weighted by Crippen LogP contribution is -2.24. The lowest BCUT2D eigenvalue weighted by atomic mass is 10.0. The van der Waals surface area contributed by atoms with Crippen LogP contribution in [-0.4, -0.2) is 39.8 Å². The molecule has 0 aliphatic carbocycles. The van der Waals surface area contributed by atoms with Crippen LogP contribution in [0.5, 0.6) is 5.75 Å². The van der Waals surface area contributed by atoms with Gasteiger partial charge in [-0.3, -0.25) is 15.0 Å². The molecule has 1 N–H and O–H groups in total. The van der Waals surface area contributed by atoms with Gasteiger partial charge in [0, 0.05) is 36.7 Å². The number of aromatic amines is 1. The number of hydrogen-bond acceptors (Lipinski definition) is 5. The van der Waals surface area contributed by atoms with Crippen molar-refractivity contribution in [1.82, 2.24) is 20.1 Å². The Labute approximate surface area is 184 Å². The molecule has 0 bridgehead atoms. The molecule has 1 atom stereocenters. The van der Waals surface area contributed by atoms with Crippen LogP contribution in [0.25, 0.3) is 11.1 Å². The number of aryl methyl sites for hydroxylation is 1. The molecule has 0 amide bonds. The third-order valence-electron chi connectivity index (χ3n) is 5.68. The molecule has 1 aliphatic rings. The summed E-state index contributed by atoms with van der Waals surface area (Å²) < 4.78 is 11.4. The van der Waals surface area contributed by atoms with Crippen molar-refractivity contribution in [2.24, 2.45) is 0 Å². The van der Waals surface area contributed by atoms with Crippen LogP contribution in [0.15, 0.2) is 42.7 Å². The van der Waals surface area contributed by atoms with Crippen molar-refractivity contribution in [3.63, 3.8) is 0 Å². The summed E-state index contributed by atoms with van der Waals surface area (Å²) in [5.41, 5.74) is 6.82. The van der Waals surface area contributed by atoms with Gasteiger partial charge in [0.25, 0.3) is 0 Å². The number of rotatable bonds is 8. The van der Waals surface area contributed by atoms with Crippen molar-refractivity contribution in [1.29, 1.82) is 0 Å². The highest BCUT2D eigenvalue weighted by Gasteiger charge is 2.28. The number of nitrogens with one attached hydrogen (secondary N) is 1. The monoisotopic (exact) mass is 420 g/mol. The number of H-pyrrole nitrogens is 1. The number of pyridine rings is 1. The van der Waals surface area contributed by atoms with E-state index in [4.69, 9.17) is 14.5 Å². The molecule has 164 valence electrons. The van der Waals surface area contributed by atoms with Crippen LogP contribution in [0.4, 0.5) is 0 Å². The van der Waals surface area contributed by atoms with E-state index in [0.29, 0.717) is 12.6 Å². The maximum atomic E-state index is 5.96. The Morgan fingerprint density at radius 2 is 2.06 bits per heavy atom. The first-order valence-corrected chi connectivity index (χ1v) is 11.0. The average Bonchev–Trinajstić information content (AvgIpc) is 3.41. The summed E-state index contributed by atoms with van der Waals surface area (Å²) in [7, 11) is 1.73. The zero-order chi connectivity index (χ0) is 21.8. The standard InChI is InChI=1S/C25H32N4O2/c1-17(2)31-25-8-7-19(11-21(25)16-30-4)15-29-9-5-6-24(29)23-12-20(10-18(3)28-23)22-13-26-27-14-22/h7-8,10-14,17,24H,5-6,9,15-16H2,1-4H3,(H,26,27)/t24-/m0/s1. The van der Waals surface area contributed by atoms with E-state index in [2.05, 4.69) is 52.4 Å². The second-order valence-corrected chi connectivity index (χ2v) is 8.58. The number of benzene rings is 1. The van der Waals surface area contributed by atoms with Gasteiger partial charge in [-0.25, -0.2) is 0 Å². The molecule has 31 heavy (non-hydrogen) atoms. The molecule has 6 heteroatoms. The minimum Gasteiger partial charge on any atom is -0.491 e. The molecule has 1 aliphatic heterocycles. The molecule has 0 radical (unpaired) electrons. The van der Waals surface area contributed by atoms with Crippen LogP contribution in [0.3, 0.4) is 0 Å². The highest BCUT2D eigenvalue weighted by atomic mass is 16.5. The Hall–Kier alpha value is -2.70. The Morgan fingerprint density at radius 1 is 1.19 bits per heavy atom. The Balaban J connectivity index is 1.56. The van der Waals surface area contributed by atoms with E-state index in [1.165, 1.54) is 17.5 Å². The second kappa shape index (κ2) is 9.62. The summed E-state index contributed by atoms with van der Waals surface area (Å²) in [6.07, 6.45) is 6.24. The molecule has 1 saturated heterocycles.